The number of ether oxygens (including phenoxy) is 2. The Morgan fingerprint density at radius 3 is 2.90 bits per heavy atom. The molecule has 0 bridgehead atoms. The maximum absolute atomic E-state index is 5.69. The van der Waals surface area contributed by atoms with Crippen molar-refractivity contribution in [1.82, 2.24) is 5.32 Å². The molecule has 1 aromatic carbocycles. The van der Waals surface area contributed by atoms with E-state index < -0.39 is 0 Å². The first-order valence-corrected chi connectivity index (χ1v) is 8.79. The van der Waals surface area contributed by atoms with E-state index in [0.29, 0.717) is 18.6 Å². The minimum Gasteiger partial charge on any atom is -0.494 e. The van der Waals surface area contributed by atoms with Gasteiger partial charge in [0.2, 0.25) is 0 Å². The Morgan fingerprint density at radius 1 is 1.43 bits per heavy atom. The number of halogens is 1. The predicted molar refractivity (Wildman–Crippen MR) is 89.9 cm³/mol. The van der Waals surface area contributed by atoms with Crippen LogP contribution in [0.4, 0.5) is 0 Å². The Morgan fingerprint density at radius 2 is 2.29 bits per heavy atom. The van der Waals surface area contributed by atoms with Crippen LogP contribution in [0.3, 0.4) is 0 Å². The highest BCUT2D eigenvalue weighted by molar-refractivity contribution is 9.10. The van der Waals surface area contributed by atoms with Gasteiger partial charge in [-0.05, 0) is 50.4 Å². The molecule has 2 unspecified atom stereocenters. The monoisotopic (exact) mass is 355 g/mol. The summed E-state index contributed by atoms with van der Waals surface area (Å²) in [6, 6.07) is 6.66. The zero-order valence-corrected chi connectivity index (χ0v) is 14.6. The average Bonchev–Trinajstić information content (AvgIpc) is 2.51. The molecule has 1 aliphatic rings. The van der Waals surface area contributed by atoms with Gasteiger partial charge < -0.3 is 14.8 Å². The molecule has 3 nitrogen and oxygen atoms in total. The van der Waals surface area contributed by atoms with E-state index in [0.717, 1.165) is 42.8 Å². The normalized spacial score (nSPS) is 20.2. The van der Waals surface area contributed by atoms with Crippen molar-refractivity contribution in [3.05, 3.63) is 28.2 Å². The second-order valence-electron chi connectivity index (χ2n) is 5.53. The molecule has 1 fully saturated rings. The van der Waals surface area contributed by atoms with Crippen molar-refractivity contribution in [3.8, 4) is 5.75 Å². The van der Waals surface area contributed by atoms with E-state index in [2.05, 4.69) is 46.4 Å². The summed E-state index contributed by atoms with van der Waals surface area (Å²) >= 11 is 3.72. The predicted octanol–water partition coefficient (Wildman–Crippen LogP) is 4.32. The number of hydrogen-bond donors (Lipinski definition) is 1. The SMILES string of the molecule is CCCNC(c1ccc(OCC)cc1Br)C1CCCOC1. The fourth-order valence-electron chi connectivity index (χ4n) is 2.88. The van der Waals surface area contributed by atoms with Gasteiger partial charge >= 0.3 is 0 Å². The molecule has 1 N–H and O–H groups in total. The summed E-state index contributed by atoms with van der Waals surface area (Å²) in [6.07, 6.45) is 3.52. The van der Waals surface area contributed by atoms with Gasteiger partial charge in [-0.25, -0.2) is 0 Å². The topological polar surface area (TPSA) is 30.5 Å². The molecule has 0 amide bonds. The van der Waals surface area contributed by atoms with Gasteiger partial charge in [0.05, 0.1) is 13.2 Å². The lowest BCUT2D eigenvalue weighted by atomic mass is 9.88. The highest BCUT2D eigenvalue weighted by Crippen LogP contribution is 2.35. The summed E-state index contributed by atoms with van der Waals surface area (Å²) in [6.45, 7) is 7.69. The largest absolute Gasteiger partial charge is 0.494 e. The Kier molecular flexibility index (Phi) is 7.00. The third-order valence-electron chi connectivity index (χ3n) is 3.90. The second-order valence-corrected chi connectivity index (χ2v) is 6.38. The van der Waals surface area contributed by atoms with Gasteiger partial charge in [-0.15, -0.1) is 0 Å². The van der Waals surface area contributed by atoms with Gasteiger partial charge in [0.1, 0.15) is 5.75 Å². The third kappa shape index (κ3) is 4.70. The standard InChI is InChI=1S/C17H26BrNO2/c1-3-9-19-17(13-6-5-10-20-12-13)15-8-7-14(21-4-2)11-16(15)18/h7-8,11,13,17,19H,3-6,9-10,12H2,1-2H3. The van der Waals surface area contributed by atoms with Crippen LogP contribution in [0.5, 0.6) is 5.75 Å². The van der Waals surface area contributed by atoms with E-state index >= 15 is 0 Å². The molecule has 4 heteroatoms. The minimum absolute atomic E-state index is 0.343. The molecule has 1 aromatic rings. The summed E-state index contributed by atoms with van der Waals surface area (Å²) < 4.78 is 12.4. The zero-order valence-electron chi connectivity index (χ0n) is 13.0. The van der Waals surface area contributed by atoms with Crippen LogP contribution in [0, 0.1) is 5.92 Å². The molecule has 0 saturated carbocycles. The maximum Gasteiger partial charge on any atom is 0.120 e. The number of hydrogen-bond acceptors (Lipinski definition) is 3. The fourth-order valence-corrected chi connectivity index (χ4v) is 3.48. The Bertz CT molecular complexity index is 433. The van der Waals surface area contributed by atoms with E-state index in [9.17, 15) is 0 Å². The number of benzene rings is 1. The molecular weight excluding hydrogens is 330 g/mol. The highest BCUT2D eigenvalue weighted by atomic mass is 79.9. The van der Waals surface area contributed by atoms with E-state index in [1.54, 1.807) is 0 Å². The molecule has 1 saturated heterocycles. The number of rotatable bonds is 7. The summed E-state index contributed by atoms with van der Waals surface area (Å²) in [5, 5.41) is 3.70. The molecule has 1 aliphatic heterocycles. The summed E-state index contributed by atoms with van der Waals surface area (Å²) in [4.78, 5) is 0. The quantitative estimate of drug-likeness (QED) is 0.790. The van der Waals surface area contributed by atoms with Crippen LogP contribution in [0.25, 0.3) is 0 Å². The van der Waals surface area contributed by atoms with Crippen LogP contribution in [-0.4, -0.2) is 26.4 Å². The first kappa shape index (κ1) is 16.8. The van der Waals surface area contributed by atoms with Crippen molar-refractivity contribution in [2.24, 2.45) is 5.92 Å². The van der Waals surface area contributed by atoms with Crippen molar-refractivity contribution in [1.29, 1.82) is 0 Å². The summed E-state index contributed by atoms with van der Waals surface area (Å²) in [5.74, 6) is 1.46. The van der Waals surface area contributed by atoms with E-state index in [4.69, 9.17) is 9.47 Å². The van der Waals surface area contributed by atoms with Gasteiger partial charge in [-0.2, -0.15) is 0 Å². The fraction of sp³-hybridized carbons (Fsp3) is 0.647. The molecule has 21 heavy (non-hydrogen) atoms. The number of nitrogens with one attached hydrogen (secondary N) is 1. The van der Waals surface area contributed by atoms with Gasteiger partial charge in [-0.1, -0.05) is 28.9 Å². The highest BCUT2D eigenvalue weighted by Gasteiger charge is 2.26. The smallest absolute Gasteiger partial charge is 0.120 e. The lowest BCUT2D eigenvalue weighted by molar-refractivity contribution is 0.0389. The lowest BCUT2D eigenvalue weighted by Gasteiger charge is -2.32. The molecule has 0 aromatic heterocycles. The van der Waals surface area contributed by atoms with Crippen LogP contribution in [0.1, 0.15) is 44.7 Å². The van der Waals surface area contributed by atoms with Crippen molar-refractivity contribution in [2.75, 3.05) is 26.4 Å². The van der Waals surface area contributed by atoms with E-state index in [1.807, 2.05) is 6.92 Å². The lowest BCUT2D eigenvalue weighted by Crippen LogP contribution is -2.34. The second kappa shape index (κ2) is 8.76. The first-order chi connectivity index (χ1) is 10.3. The first-order valence-electron chi connectivity index (χ1n) is 7.99. The Balaban J connectivity index is 2.18. The average molecular weight is 356 g/mol. The van der Waals surface area contributed by atoms with Crippen molar-refractivity contribution >= 4 is 15.9 Å². The van der Waals surface area contributed by atoms with Gasteiger partial charge in [0, 0.05) is 23.0 Å². The molecule has 1 heterocycles. The van der Waals surface area contributed by atoms with Crippen LogP contribution >= 0.6 is 15.9 Å². The Hall–Kier alpha value is -0.580. The van der Waals surface area contributed by atoms with E-state index in [1.165, 1.54) is 12.0 Å². The van der Waals surface area contributed by atoms with Gasteiger partial charge in [0.25, 0.3) is 0 Å². The van der Waals surface area contributed by atoms with Crippen LogP contribution < -0.4 is 10.1 Å². The molecule has 0 aliphatic carbocycles. The molecule has 118 valence electrons. The molecule has 2 rings (SSSR count). The summed E-state index contributed by atoms with van der Waals surface area (Å²) in [5.41, 5.74) is 1.31. The van der Waals surface area contributed by atoms with Crippen molar-refractivity contribution in [2.45, 2.75) is 39.2 Å². The van der Waals surface area contributed by atoms with Crippen molar-refractivity contribution in [3.63, 3.8) is 0 Å². The van der Waals surface area contributed by atoms with Gasteiger partial charge in [-0.3, -0.25) is 0 Å². The third-order valence-corrected chi connectivity index (χ3v) is 4.59. The van der Waals surface area contributed by atoms with E-state index in [-0.39, 0.29) is 0 Å². The molecule has 0 radical (unpaired) electrons. The molecule has 0 spiro atoms. The minimum atomic E-state index is 0.343. The van der Waals surface area contributed by atoms with Gasteiger partial charge in [0.15, 0.2) is 0 Å². The van der Waals surface area contributed by atoms with Crippen LogP contribution in [0.15, 0.2) is 22.7 Å². The van der Waals surface area contributed by atoms with Crippen LogP contribution in [-0.2, 0) is 4.74 Å². The molecular formula is C17H26BrNO2. The van der Waals surface area contributed by atoms with Crippen molar-refractivity contribution < 1.29 is 9.47 Å². The zero-order chi connectivity index (χ0) is 15.1. The molecule has 2 atom stereocenters. The summed E-state index contributed by atoms with van der Waals surface area (Å²) in [7, 11) is 0. The Labute approximate surface area is 136 Å². The maximum atomic E-state index is 5.69. The van der Waals surface area contributed by atoms with Crippen LogP contribution in [0.2, 0.25) is 0 Å².